The van der Waals surface area contributed by atoms with Gasteiger partial charge in [-0.05, 0) is 44.8 Å². The number of amides is 2. The standard InChI is InChI=1S/C14H9NO4S2/c16-10(17)5-15-13(18)11(8-1-3-20-6-8)12(14(15)19)9-2-4-21-7-9/h1-4,6-7H,5H2,(H,16,17). The summed E-state index contributed by atoms with van der Waals surface area (Å²) in [6, 6.07) is 3.50. The first-order chi connectivity index (χ1) is 10.1. The second-order valence-electron chi connectivity index (χ2n) is 4.36. The van der Waals surface area contributed by atoms with Crippen LogP contribution in [0.25, 0.3) is 11.1 Å². The lowest BCUT2D eigenvalue weighted by Crippen LogP contribution is -2.36. The van der Waals surface area contributed by atoms with E-state index in [1.165, 1.54) is 22.7 Å². The molecule has 7 heteroatoms. The Hall–Kier alpha value is -2.25. The van der Waals surface area contributed by atoms with Crippen molar-refractivity contribution in [1.82, 2.24) is 4.90 Å². The van der Waals surface area contributed by atoms with Gasteiger partial charge < -0.3 is 5.11 Å². The molecule has 0 unspecified atom stereocenters. The summed E-state index contributed by atoms with van der Waals surface area (Å²) in [6.45, 7) is -0.626. The zero-order valence-electron chi connectivity index (χ0n) is 10.6. The molecular formula is C14H9NO4S2. The quantitative estimate of drug-likeness (QED) is 0.877. The lowest BCUT2D eigenvalue weighted by molar-refractivity contribution is -0.147. The highest BCUT2D eigenvalue weighted by Gasteiger charge is 2.40. The van der Waals surface area contributed by atoms with Gasteiger partial charge in [-0.3, -0.25) is 19.3 Å². The maximum atomic E-state index is 12.4. The van der Waals surface area contributed by atoms with Gasteiger partial charge in [0.2, 0.25) is 0 Å². The molecule has 21 heavy (non-hydrogen) atoms. The summed E-state index contributed by atoms with van der Waals surface area (Å²) in [5.41, 5.74) is 1.85. The number of imide groups is 1. The highest BCUT2D eigenvalue weighted by molar-refractivity contribution is 7.08. The van der Waals surface area contributed by atoms with Crippen LogP contribution in [0.2, 0.25) is 0 Å². The van der Waals surface area contributed by atoms with Crippen LogP contribution in [0.15, 0.2) is 33.7 Å². The molecule has 0 aliphatic carbocycles. The Morgan fingerprint density at radius 2 is 1.48 bits per heavy atom. The molecule has 106 valence electrons. The molecule has 0 saturated carbocycles. The first-order valence-electron chi connectivity index (χ1n) is 5.97. The molecule has 0 fully saturated rings. The Morgan fingerprint density at radius 1 is 1.00 bits per heavy atom. The third-order valence-corrected chi connectivity index (χ3v) is 4.45. The van der Waals surface area contributed by atoms with Gasteiger partial charge in [0.15, 0.2) is 0 Å². The molecule has 5 nitrogen and oxygen atoms in total. The fraction of sp³-hybridized carbons (Fsp3) is 0.0714. The van der Waals surface area contributed by atoms with Gasteiger partial charge >= 0.3 is 5.97 Å². The molecule has 0 radical (unpaired) electrons. The number of thiophene rings is 2. The Labute approximate surface area is 127 Å². The Bertz CT molecular complexity index is 688. The van der Waals surface area contributed by atoms with Crippen molar-refractivity contribution in [3.05, 3.63) is 44.8 Å². The third-order valence-electron chi connectivity index (χ3n) is 3.08. The zero-order valence-corrected chi connectivity index (χ0v) is 12.2. The van der Waals surface area contributed by atoms with Crippen molar-refractivity contribution >= 4 is 51.6 Å². The van der Waals surface area contributed by atoms with E-state index >= 15 is 0 Å². The fourth-order valence-electron chi connectivity index (χ4n) is 2.20. The minimum Gasteiger partial charge on any atom is -0.480 e. The summed E-state index contributed by atoms with van der Waals surface area (Å²) in [7, 11) is 0. The lowest BCUT2D eigenvalue weighted by atomic mass is 10.0. The SMILES string of the molecule is O=C(O)CN1C(=O)C(c2ccsc2)=C(c2ccsc2)C1=O. The van der Waals surface area contributed by atoms with Gasteiger partial charge in [0, 0.05) is 0 Å². The molecule has 0 atom stereocenters. The second kappa shape index (κ2) is 5.27. The van der Waals surface area contributed by atoms with Crippen molar-refractivity contribution in [3.8, 4) is 0 Å². The maximum Gasteiger partial charge on any atom is 0.323 e. The predicted molar refractivity (Wildman–Crippen MR) is 79.8 cm³/mol. The average molecular weight is 319 g/mol. The lowest BCUT2D eigenvalue weighted by Gasteiger charge is -2.11. The first-order valence-corrected chi connectivity index (χ1v) is 7.85. The number of carbonyl (C=O) groups is 3. The van der Waals surface area contributed by atoms with Crippen LogP contribution in [0.1, 0.15) is 11.1 Å². The number of carboxylic acids is 1. The number of nitrogens with zero attached hydrogens (tertiary/aromatic N) is 1. The van der Waals surface area contributed by atoms with E-state index in [9.17, 15) is 14.4 Å². The summed E-state index contributed by atoms with van der Waals surface area (Å²) in [6.07, 6.45) is 0. The average Bonchev–Trinajstić information content (AvgIpc) is 3.14. The monoisotopic (exact) mass is 319 g/mol. The fourth-order valence-corrected chi connectivity index (χ4v) is 3.50. The van der Waals surface area contributed by atoms with E-state index < -0.39 is 24.3 Å². The normalized spacial score (nSPS) is 15.1. The minimum absolute atomic E-state index is 0.279. The van der Waals surface area contributed by atoms with E-state index in [2.05, 4.69) is 0 Å². The van der Waals surface area contributed by atoms with Gasteiger partial charge in [0.05, 0.1) is 11.1 Å². The molecular weight excluding hydrogens is 310 g/mol. The number of carbonyl (C=O) groups excluding carboxylic acids is 2. The molecule has 2 amide bonds. The van der Waals surface area contributed by atoms with Gasteiger partial charge in [0.25, 0.3) is 11.8 Å². The molecule has 3 heterocycles. The van der Waals surface area contributed by atoms with Crippen molar-refractivity contribution < 1.29 is 19.5 Å². The topological polar surface area (TPSA) is 74.7 Å². The van der Waals surface area contributed by atoms with Crippen molar-refractivity contribution in [2.45, 2.75) is 0 Å². The summed E-state index contributed by atoms with van der Waals surface area (Å²) < 4.78 is 0. The van der Waals surface area contributed by atoms with Crippen LogP contribution in [-0.2, 0) is 14.4 Å². The molecule has 1 aliphatic heterocycles. The van der Waals surface area contributed by atoms with Crippen molar-refractivity contribution in [1.29, 1.82) is 0 Å². The summed E-state index contributed by atoms with van der Waals surface area (Å²) in [5, 5.41) is 16.1. The molecule has 2 aromatic rings. The van der Waals surface area contributed by atoms with E-state index in [1.807, 2.05) is 10.8 Å². The van der Waals surface area contributed by atoms with Gasteiger partial charge in [-0.15, -0.1) is 0 Å². The summed E-state index contributed by atoms with van der Waals surface area (Å²) in [4.78, 5) is 36.5. The minimum atomic E-state index is -1.21. The van der Waals surface area contributed by atoms with Crippen LogP contribution in [0.3, 0.4) is 0 Å². The summed E-state index contributed by atoms with van der Waals surface area (Å²) >= 11 is 2.83. The molecule has 0 bridgehead atoms. The molecule has 0 spiro atoms. The molecule has 1 aliphatic rings. The Kier molecular flexibility index (Phi) is 3.44. The molecule has 1 N–H and O–H groups in total. The second-order valence-corrected chi connectivity index (χ2v) is 5.92. The van der Waals surface area contributed by atoms with Crippen molar-refractivity contribution in [2.24, 2.45) is 0 Å². The number of carboxylic acid groups (broad SMARTS) is 1. The Balaban J connectivity index is 2.15. The third kappa shape index (κ3) is 2.30. The van der Waals surface area contributed by atoms with E-state index in [1.54, 1.807) is 22.9 Å². The van der Waals surface area contributed by atoms with E-state index in [0.29, 0.717) is 11.1 Å². The van der Waals surface area contributed by atoms with E-state index in [0.717, 1.165) is 4.90 Å². The number of rotatable bonds is 4. The van der Waals surface area contributed by atoms with Crippen LogP contribution in [0.4, 0.5) is 0 Å². The molecule has 3 rings (SSSR count). The van der Waals surface area contributed by atoms with Gasteiger partial charge in [-0.25, -0.2) is 0 Å². The smallest absolute Gasteiger partial charge is 0.323 e. The van der Waals surface area contributed by atoms with Crippen LogP contribution in [-0.4, -0.2) is 34.3 Å². The zero-order chi connectivity index (χ0) is 15.0. The predicted octanol–water partition coefficient (Wildman–Crippen LogP) is 2.17. The number of hydrogen-bond donors (Lipinski definition) is 1. The van der Waals surface area contributed by atoms with Gasteiger partial charge in [-0.1, -0.05) is 0 Å². The van der Waals surface area contributed by atoms with E-state index in [4.69, 9.17) is 5.11 Å². The Morgan fingerprint density at radius 3 is 1.81 bits per heavy atom. The van der Waals surface area contributed by atoms with Crippen molar-refractivity contribution in [2.75, 3.05) is 6.54 Å². The van der Waals surface area contributed by atoms with Gasteiger partial charge in [0.1, 0.15) is 6.54 Å². The first kappa shape index (κ1) is 13.7. The number of aliphatic carboxylic acids is 1. The van der Waals surface area contributed by atoms with E-state index in [-0.39, 0.29) is 11.1 Å². The van der Waals surface area contributed by atoms with Crippen LogP contribution in [0.5, 0.6) is 0 Å². The van der Waals surface area contributed by atoms with Crippen LogP contribution < -0.4 is 0 Å². The molecule has 2 aromatic heterocycles. The van der Waals surface area contributed by atoms with Crippen molar-refractivity contribution in [3.63, 3.8) is 0 Å². The summed E-state index contributed by atoms with van der Waals surface area (Å²) in [5.74, 6) is -2.32. The van der Waals surface area contributed by atoms with Crippen LogP contribution >= 0.6 is 22.7 Å². The highest BCUT2D eigenvalue weighted by Crippen LogP contribution is 2.36. The number of hydrogen-bond acceptors (Lipinski definition) is 5. The molecule has 0 saturated heterocycles. The molecule has 0 aromatic carbocycles. The van der Waals surface area contributed by atoms with Gasteiger partial charge in [-0.2, -0.15) is 22.7 Å². The largest absolute Gasteiger partial charge is 0.480 e. The highest BCUT2D eigenvalue weighted by atomic mass is 32.1. The maximum absolute atomic E-state index is 12.4. The van der Waals surface area contributed by atoms with Crippen LogP contribution in [0, 0.1) is 0 Å².